The fourth-order valence-electron chi connectivity index (χ4n) is 3.81. The summed E-state index contributed by atoms with van der Waals surface area (Å²) in [4.78, 5) is 0. The van der Waals surface area contributed by atoms with Crippen LogP contribution >= 0.6 is 0 Å². The van der Waals surface area contributed by atoms with Gasteiger partial charge < -0.3 is 4.74 Å². The molecule has 1 heterocycles. The summed E-state index contributed by atoms with van der Waals surface area (Å²) < 4.78 is 6.63. The predicted molar refractivity (Wildman–Crippen MR) is 72.0 cm³/mol. The van der Waals surface area contributed by atoms with Crippen LogP contribution in [0.25, 0.3) is 0 Å². The zero-order chi connectivity index (χ0) is 12.6. The number of hydrogen-bond acceptors (Lipinski definition) is 2. The van der Waals surface area contributed by atoms with Crippen LogP contribution in [0.15, 0.2) is 0 Å². The Hall–Kier alpha value is -0.0800. The van der Waals surface area contributed by atoms with Crippen molar-refractivity contribution in [3.8, 4) is 0 Å². The van der Waals surface area contributed by atoms with Crippen molar-refractivity contribution < 1.29 is 4.74 Å². The van der Waals surface area contributed by atoms with Crippen molar-refractivity contribution in [2.24, 2.45) is 5.41 Å². The van der Waals surface area contributed by atoms with Crippen LogP contribution in [-0.2, 0) is 4.74 Å². The molecule has 2 fully saturated rings. The van der Waals surface area contributed by atoms with Gasteiger partial charge in [0, 0.05) is 6.54 Å². The Bertz CT molecular complexity index is 266. The number of hydrogen-bond donors (Lipinski definition) is 1. The van der Waals surface area contributed by atoms with E-state index < -0.39 is 0 Å². The van der Waals surface area contributed by atoms with Gasteiger partial charge in [0.05, 0.1) is 5.60 Å². The van der Waals surface area contributed by atoms with Crippen molar-refractivity contribution in [3.63, 3.8) is 0 Å². The van der Waals surface area contributed by atoms with Crippen molar-refractivity contribution in [3.05, 3.63) is 0 Å². The average Bonchev–Trinajstić information content (AvgIpc) is 2.27. The maximum Gasteiger partial charge on any atom is 0.120 e. The van der Waals surface area contributed by atoms with Crippen LogP contribution in [0.3, 0.4) is 0 Å². The van der Waals surface area contributed by atoms with Gasteiger partial charge in [-0.25, -0.2) is 0 Å². The molecular formula is C15H29NO. The quantitative estimate of drug-likeness (QED) is 0.790. The summed E-state index contributed by atoms with van der Waals surface area (Å²) in [5.41, 5.74) is 0.542. The van der Waals surface area contributed by atoms with Gasteiger partial charge in [0.25, 0.3) is 0 Å². The molecule has 2 nitrogen and oxygen atoms in total. The molecule has 1 atom stereocenters. The second-order valence-electron chi connectivity index (χ2n) is 6.86. The molecule has 0 aromatic carbocycles. The molecule has 0 aromatic rings. The van der Waals surface area contributed by atoms with Gasteiger partial charge in [-0.3, -0.25) is 5.32 Å². The van der Waals surface area contributed by atoms with Crippen LogP contribution in [0, 0.1) is 5.41 Å². The Morgan fingerprint density at radius 2 is 1.76 bits per heavy atom. The monoisotopic (exact) mass is 239 g/mol. The zero-order valence-corrected chi connectivity index (χ0v) is 12.1. The molecule has 1 N–H and O–H groups in total. The number of rotatable bonds is 2. The van der Waals surface area contributed by atoms with Crippen LogP contribution in [0.2, 0.25) is 0 Å². The summed E-state index contributed by atoms with van der Waals surface area (Å²) >= 11 is 0. The first-order valence-electron chi connectivity index (χ1n) is 7.40. The lowest BCUT2D eigenvalue weighted by Gasteiger charge is -2.53. The molecular weight excluding hydrogens is 210 g/mol. The maximum absolute atomic E-state index is 6.63. The maximum atomic E-state index is 6.63. The zero-order valence-electron chi connectivity index (χ0n) is 12.1. The minimum Gasteiger partial charge on any atom is -0.354 e. The predicted octanol–water partition coefficient (Wildman–Crippen LogP) is 3.85. The molecule has 1 aliphatic carbocycles. The minimum atomic E-state index is -0.0218. The van der Waals surface area contributed by atoms with E-state index in [0.717, 1.165) is 19.4 Å². The van der Waals surface area contributed by atoms with Crippen LogP contribution in [0.1, 0.15) is 72.6 Å². The molecule has 2 heteroatoms. The second-order valence-corrected chi connectivity index (χ2v) is 6.86. The first-order chi connectivity index (χ1) is 7.95. The topological polar surface area (TPSA) is 21.3 Å². The molecule has 1 saturated carbocycles. The highest BCUT2D eigenvalue weighted by atomic mass is 16.5. The van der Waals surface area contributed by atoms with E-state index in [-0.39, 0.29) is 11.3 Å². The normalized spacial score (nSPS) is 36.0. The van der Waals surface area contributed by atoms with E-state index in [9.17, 15) is 0 Å². The summed E-state index contributed by atoms with van der Waals surface area (Å²) in [5, 5.41) is 3.69. The van der Waals surface area contributed by atoms with Gasteiger partial charge >= 0.3 is 0 Å². The van der Waals surface area contributed by atoms with Gasteiger partial charge in [0.15, 0.2) is 0 Å². The van der Waals surface area contributed by atoms with Crippen molar-refractivity contribution in [1.82, 2.24) is 5.32 Å². The molecule has 1 unspecified atom stereocenters. The summed E-state index contributed by atoms with van der Waals surface area (Å²) in [7, 11) is 0. The van der Waals surface area contributed by atoms with Gasteiger partial charge in [-0.2, -0.15) is 0 Å². The SMILES string of the molecule is CCC1(CC)CCNC2(CCCC(C)(C)C2)O1. The summed E-state index contributed by atoms with van der Waals surface area (Å²) in [6.45, 7) is 10.4. The van der Waals surface area contributed by atoms with E-state index in [0.29, 0.717) is 5.41 Å². The van der Waals surface area contributed by atoms with E-state index >= 15 is 0 Å². The third-order valence-electron chi connectivity index (χ3n) is 4.93. The van der Waals surface area contributed by atoms with Crippen LogP contribution in [0.4, 0.5) is 0 Å². The Balaban J connectivity index is 2.14. The molecule has 0 bridgehead atoms. The standard InChI is InChI=1S/C15H29NO/c1-5-14(6-2)10-11-16-15(17-14)9-7-8-13(3,4)12-15/h16H,5-12H2,1-4H3. The van der Waals surface area contributed by atoms with E-state index in [4.69, 9.17) is 4.74 Å². The summed E-state index contributed by atoms with van der Waals surface area (Å²) in [6.07, 6.45) is 8.46. The molecule has 2 aliphatic rings. The van der Waals surface area contributed by atoms with Crippen molar-refractivity contribution >= 4 is 0 Å². The van der Waals surface area contributed by atoms with Gasteiger partial charge in [0.1, 0.15) is 5.72 Å². The van der Waals surface area contributed by atoms with Crippen molar-refractivity contribution in [1.29, 1.82) is 0 Å². The van der Waals surface area contributed by atoms with Gasteiger partial charge in [-0.15, -0.1) is 0 Å². The fourth-order valence-corrected chi connectivity index (χ4v) is 3.81. The highest BCUT2D eigenvalue weighted by Crippen LogP contribution is 2.46. The third-order valence-corrected chi connectivity index (χ3v) is 4.93. The highest BCUT2D eigenvalue weighted by molar-refractivity contribution is 4.97. The largest absolute Gasteiger partial charge is 0.354 e. The van der Waals surface area contributed by atoms with Gasteiger partial charge in [0.2, 0.25) is 0 Å². The lowest BCUT2D eigenvalue weighted by atomic mass is 9.72. The smallest absolute Gasteiger partial charge is 0.120 e. The van der Waals surface area contributed by atoms with E-state index in [2.05, 4.69) is 33.0 Å². The van der Waals surface area contributed by atoms with Gasteiger partial charge in [-0.1, -0.05) is 27.7 Å². The van der Waals surface area contributed by atoms with Crippen molar-refractivity contribution in [2.75, 3.05) is 6.54 Å². The average molecular weight is 239 g/mol. The Labute approximate surface area is 107 Å². The van der Waals surface area contributed by atoms with Crippen LogP contribution in [-0.4, -0.2) is 17.9 Å². The molecule has 100 valence electrons. The Morgan fingerprint density at radius 1 is 1.06 bits per heavy atom. The van der Waals surface area contributed by atoms with E-state index in [1.54, 1.807) is 0 Å². The molecule has 17 heavy (non-hydrogen) atoms. The molecule has 0 amide bonds. The Morgan fingerprint density at radius 3 is 2.35 bits per heavy atom. The first kappa shape index (κ1) is 13.4. The fraction of sp³-hybridized carbons (Fsp3) is 1.00. The molecule has 0 radical (unpaired) electrons. The molecule has 0 aromatic heterocycles. The summed E-state index contributed by atoms with van der Waals surface area (Å²) in [5.74, 6) is 0. The third kappa shape index (κ3) is 2.68. The molecule has 2 rings (SSSR count). The van der Waals surface area contributed by atoms with Crippen LogP contribution in [0.5, 0.6) is 0 Å². The number of ether oxygens (including phenoxy) is 1. The van der Waals surface area contributed by atoms with E-state index in [1.807, 2.05) is 0 Å². The van der Waals surface area contributed by atoms with Gasteiger partial charge in [-0.05, 0) is 50.4 Å². The van der Waals surface area contributed by atoms with Crippen molar-refractivity contribution in [2.45, 2.75) is 84.0 Å². The second kappa shape index (κ2) is 4.55. The lowest BCUT2D eigenvalue weighted by Crippen LogP contribution is -2.62. The Kier molecular flexibility index (Phi) is 3.57. The highest BCUT2D eigenvalue weighted by Gasteiger charge is 2.47. The molecule has 1 spiro atoms. The number of nitrogens with one attached hydrogen (secondary N) is 1. The summed E-state index contributed by atoms with van der Waals surface area (Å²) in [6, 6.07) is 0. The minimum absolute atomic E-state index is 0.0218. The molecule has 1 saturated heterocycles. The first-order valence-corrected chi connectivity index (χ1v) is 7.40. The lowest BCUT2D eigenvalue weighted by molar-refractivity contribution is -0.228. The molecule has 1 aliphatic heterocycles. The van der Waals surface area contributed by atoms with Crippen LogP contribution < -0.4 is 5.32 Å². The van der Waals surface area contributed by atoms with E-state index in [1.165, 1.54) is 32.1 Å².